The molecule has 0 radical (unpaired) electrons. The minimum absolute atomic E-state index is 0. The first-order valence-electron chi connectivity index (χ1n) is 8.06. The number of nitrogens with zero attached hydrogens (tertiary/aromatic N) is 1. The minimum atomic E-state index is -3.42. The molecule has 2 heterocycles. The van der Waals surface area contributed by atoms with Gasteiger partial charge in [0, 0.05) is 26.2 Å². The van der Waals surface area contributed by atoms with E-state index >= 15 is 0 Å². The average molecular weight is 377 g/mol. The Hall–Kier alpha value is -0.860. The summed E-state index contributed by atoms with van der Waals surface area (Å²) in [6, 6.07) is 7.13. The second kappa shape index (κ2) is 8.49. The van der Waals surface area contributed by atoms with Gasteiger partial charge in [0.2, 0.25) is 10.0 Å². The fourth-order valence-electron chi connectivity index (χ4n) is 3.33. The number of nitrogens with one attached hydrogen (secondary N) is 1. The van der Waals surface area contributed by atoms with Crippen molar-refractivity contribution >= 4 is 22.4 Å². The van der Waals surface area contributed by atoms with Gasteiger partial charge in [0.25, 0.3) is 0 Å². The summed E-state index contributed by atoms with van der Waals surface area (Å²) in [5, 5.41) is 3.45. The minimum Gasteiger partial charge on any atom is -0.491 e. The summed E-state index contributed by atoms with van der Waals surface area (Å²) in [6.07, 6.45) is 1.95. The van der Waals surface area contributed by atoms with Crippen molar-refractivity contribution in [3.05, 3.63) is 24.3 Å². The summed E-state index contributed by atoms with van der Waals surface area (Å²) < 4.78 is 37.6. The highest BCUT2D eigenvalue weighted by atomic mass is 35.5. The zero-order valence-electron chi connectivity index (χ0n) is 13.8. The van der Waals surface area contributed by atoms with Gasteiger partial charge >= 0.3 is 0 Å². The van der Waals surface area contributed by atoms with Gasteiger partial charge in [-0.15, -0.1) is 12.4 Å². The van der Waals surface area contributed by atoms with Crippen molar-refractivity contribution in [2.24, 2.45) is 5.92 Å². The Morgan fingerprint density at radius 1 is 1.21 bits per heavy atom. The fourth-order valence-corrected chi connectivity index (χ4v) is 4.84. The Bertz CT molecular complexity index is 623. The summed E-state index contributed by atoms with van der Waals surface area (Å²) in [6.45, 7) is 3.15. The Kier molecular flexibility index (Phi) is 6.88. The Labute approximate surface area is 150 Å². The molecular weight excluding hydrogens is 352 g/mol. The summed E-state index contributed by atoms with van der Waals surface area (Å²) in [5.41, 5.74) is 0. The molecule has 2 fully saturated rings. The molecule has 1 N–H and O–H groups in total. The molecule has 0 saturated carbocycles. The first-order chi connectivity index (χ1) is 11.1. The molecule has 24 heavy (non-hydrogen) atoms. The third-order valence-corrected chi connectivity index (χ3v) is 6.52. The molecule has 2 atom stereocenters. The van der Waals surface area contributed by atoms with Crippen LogP contribution in [-0.2, 0) is 14.8 Å². The van der Waals surface area contributed by atoms with E-state index in [1.54, 1.807) is 35.7 Å². The van der Waals surface area contributed by atoms with Crippen molar-refractivity contribution in [1.29, 1.82) is 0 Å². The topological polar surface area (TPSA) is 67.9 Å². The normalized spacial score (nSPS) is 24.2. The van der Waals surface area contributed by atoms with Gasteiger partial charge in [-0.1, -0.05) is 0 Å². The van der Waals surface area contributed by atoms with Crippen LogP contribution in [0.25, 0.3) is 0 Å². The SMILES string of the molecule is COCCOc1ccc(S(=O)(=O)N2CCC3NCCC3C2)cc1.Cl. The van der Waals surface area contributed by atoms with E-state index in [4.69, 9.17) is 9.47 Å². The van der Waals surface area contributed by atoms with Gasteiger partial charge in [-0.2, -0.15) is 4.31 Å². The van der Waals surface area contributed by atoms with E-state index in [2.05, 4.69) is 5.32 Å². The predicted molar refractivity (Wildman–Crippen MR) is 94.3 cm³/mol. The zero-order valence-corrected chi connectivity index (χ0v) is 15.4. The van der Waals surface area contributed by atoms with Crippen molar-refractivity contribution in [2.75, 3.05) is 40.0 Å². The molecule has 1 aromatic rings. The second-order valence-electron chi connectivity index (χ2n) is 6.07. The van der Waals surface area contributed by atoms with Gasteiger partial charge in [0.1, 0.15) is 12.4 Å². The van der Waals surface area contributed by atoms with Crippen LogP contribution in [-0.4, -0.2) is 58.7 Å². The van der Waals surface area contributed by atoms with Gasteiger partial charge in [0.05, 0.1) is 11.5 Å². The third kappa shape index (κ3) is 4.21. The van der Waals surface area contributed by atoms with Crippen LogP contribution in [0.4, 0.5) is 0 Å². The highest BCUT2D eigenvalue weighted by Gasteiger charge is 2.37. The van der Waals surface area contributed by atoms with Crippen LogP contribution in [0.3, 0.4) is 0 Å². The summed E-state index contributed by atoms with van der Waals surface area (Å²) >= 11 is 0. The molecule has 2 aliphatic heterocycles. The van der Waals surface area contributed by atoms with Crippen molar-refractivity contribution < 1.29 is 17.9 Å². The second-order valence-corrected chi connectivity index (χ2v) is 8.01. The molecule has 8 heteroatoms. The number of benzene rings is 1. The van der Waals surface area contributed by atoms with E-state index in [1.165, 1.54) is 0 Å². The molecule has 2 unspecified atom stereocenters. The van der Waals surface area contributed by atoms with Crippen LogP contribution in [0.5, 0.6) is 5.75 Å². The van der Waals surface area contributed by atoms with E-state index in [0.29, 0.717) is 48.9 Å². The smallest absolute Gasteiger partial charge is 0.243 e. The molecule has 2 aliphatic rings. The molecule has 0 aromatic heterocycles. The number of ether oxygens (including phenoxy) is 2. The third-order valence-electron chi connectivity index (χ3n) is 4.64. The Morgan fingerprint density at radius 2 is 1.96 bits per heavy atom. The molecule has 0 amide bonds. The van der Waals surface area contributed by atoms with E-state index in [0.717, 1.165) is 19.4 Å². The molecule has 0 spiro atoms. The summed E-state index contributed by atoms with van der Waals surface area (Å²) in [4.78, 5) is 0.334. The summed E-state index contributed by atoms with van der Waals surface area (Å²) in [7, 11) is -1.80. The van der Waals surface area contributed by atoms with Gasteiger partial charge < -0.3 is 14.8 Å². The van der Waals surface area contributed by atoms with Gasteiger partial charge in [-0.25, -0.2) is 8.42 Å². The Balaban J connectivity index is 0.00000208. The van der Waals surface area contributed by atoms with Crippen LogP contribution < -0.4 is 10.1 Å². The lowest BCUT2D eigenvalue weighted by Gasteiger charge is -2.34. The van der Waals surface area contributed by atoms with Crippen molar-refractivity contribution in [2.45, 2.75) is 23.8 Å². The number of rotatable bonds is 6. The van der Waals surface area contributed by atoms with Crippen molar-refractivity contribution in [3.63, 3.8) is 0 Å². The maximum Gasteiger partial charge on any atom is 0.243 e. The van der Waals surface area contributed by atoms with Gasteiger partial charge in [-0.05, 0) is 49.6 Å². The maximum absolute atomic E-state index is 12.8. The maximum atomic E-state index is 12.8. The molecule has 136 valence electrons. The number of hydrogen-bond donors (Lipinski definition) is 1. The molecular formula is C16H25ClN2O4S. The summed E-state index contributed by atoms with van der Waals surface area (Å²) in [5.74, 6) is 1.09. The quantitative estimate of drug-likeness (QED) is 0.762. The van der Waals surface area contributed by atoms with Crippen LogP contribution >= 0.6 is 12.4 Å². The van der Waals surface area contributed by atoms with Crippen LogP contribution in [0.2, 0.25) is 0 Å². The largest absolute Gasteiger partial charge is 0.491 e. The highest BCUT2D eigenvalue weighted by molar-refractivity contribution is 7.89. The predicted octanol–water partition coefficient (Wildman–Crippen LogP) is 1.51. The number of fused-ring (bicyclic) bond motifs is 1. The first kappa shape index (κ1) is 19.5. The standard InChI is InChI=1S/C16H24N2O4S.ClH/c1-21-10-11-22-14-2-4-15(5-3-14)23(19,20)18-9-7-16-13(12-18)6-8-17-16;/h2-5,13,16-17H,6-12H2,1H3;1H. The van der Waals surface area contributed by atoms with Gasteiger partial charge in [-0.3, -0.25) is 0 Å². The van der Waals surface area contributed by atoms with Crippen molar-refractivity contribution in [1.82, 2.24) is 9.62 Å². The first-order valence-corrected chi connectivity index (χ1v) is 9.50. The van der Waals surface area contributed by atoms with Crippen LogP contribution in [0, 0.1) is 5.92 Å². The average Bonchev–Trinajstić information content (AvgIpc) is 3.03. The number of hydrogen-bond acceptors (Lipinski definition) is 5. The number of methoxy groups -OCH3 is 1. The van der Waals surface area contributed by atoms with Crippen LogP contribution in [0.15, 0.2) is 29.2 Å². The van der Waals surface area contributed by atoms with E-state index in [9.17, 15) is 8.42 Å². The zero-order chi connectivity index (χ0) is 16.3. The number of sulfonamides is 1. The van der Waals surface area contributed by atoms with Gasteiger partial charge in [0.15, 0.2) is 0 Å². The Morgan fingerprint density at radius 3 is 2.67 bits per heavy atom. The van der Waals surface area contributed by atoms with E-state index < -0.39 is 10.0 Å². The molecule has 0 aliphatic carbocycles. The fraction of sp³-hybridized carbons (Fsp3) is 0.625. The van der Waals surface area contributed by atoms with E-state index in [1.807, 2.05) is 0 Å². The monoisotopic (exact) mass is 376 g/mol. The lowest BCUT2D eigenvalue weighted by molar-refractivity contribution is 0.146. The number of piperidine rings is 1. The van der Waals surface area contributed by atoms with E-state index in [-0.39, 0.29) is 12.4 Å². The molecule has 3 rings (SSSR count). The van der Waals surface area contributed by atoms with Crippen molar-refractivity contribution in [3.8, 4) is 5.75 Å². The molecule has 2 saturated heterocycles. The molecule has 1 aromatic carbocycles. The molecule has 0 bridgehead atoms. The lowest BCUT2D eigenvalue weighted by Crippen LogP contribution is -2.46. The highest BCUT2D eigenvalue weighted by Crippen LogP contribution is 2.29. The lowest BCUT2D eigenvalue weighted by atomic mass is 9.95. The number of halogens is 1. The van der Waals surface area contributed by atoms with Crippen LogP contribution in [0.1, 0.15) is 12.8 Å². The molecule has 6 nitrogen and oxygen atoms in total.